The fourth-order valence-corrected chi connectivity index (χ4v) is 2.91. The minimum Gasteiger partial charge on any atom is -0.348 e. The molecule has 6 nitrogen and oxygen atoms in total. The van der Waals surface area contributed by atoms with E-state index in [1.165, 1.54) is 0 Å². The van der Waals surface area contributed by atoms with E-state index >= 15 is 0 Å². The lowest BCUT2D eigenvalue weighted by molar-refractivity contribution is -0.383. The van der Waals surface area contributed by atoms with E-state index in [2.05, 4.69) is 42.6 Å². The first-order valence-corrected chi connectivity index (χ1v) is 7.08. The second-order valence-corrected chi connectivity index (χ2v) is 5.53. The summed E-state index contributed by atoms with van der Waals surface area (Å²) < 4.78 is 1.57. The summed E-state index contributed by atoms with van der Waals surface area (Å²) in [5.74, 6) is 5.31. The normalized spacial score (nSPS) is 10.2. The molecule has 0 aliphatic rings. The number of benzene rings is 2. The first-order chi connectivity index (χ1) is 9.54. The van der Waals surface area contributed by atoms with Crippen molar-refractivity contribution in [3.8, 4) is 0 Å². The third-order valence-electron chi connectivity index (χ3n) is 2.60. The number of nitrogens with two attached hydrogens (primary N) is 1. The zero-order valence-electron chi connectivity index (χ0n) is 10.1. The van der Waals surface area contributed by atoms with Gasteiger partial charge in [0.05, 0.1) is 10.6 Å². The number of nitro groups is 1. The highest BCUT2D eigenvalue weighted by atomic mass is 79.9. The number of hydrogen-bond donors (Lipinski definition) is 3. The molecule has 0 aromatic heterocycles. The first kappa shape index (κ1) is 14.8. The van der Waals surface area contributed by atoms with Crippen molar-refractivity contribution in [1.29, 1.82) is 0 Å². The summed E-state index contributed by atoms with van der Waals surface area (Å²) in [4.78, 5) is 10.7. The summed E-state index contributed by atoms with van der Waals surface area (Å²) in [6.07, 6.45) is 0. The number of nitrogen functional groups attached to an aromatic ring is 1. The summed E-state index contributed by atoms with van der Waals surface area (Å²) in [5.41, 5.74) is 3.50. The van der Waals surface area contributed by atoms with E-state index in [9.17, 15) is 10.1 Å². The van der Waals surface area contributed by atoms with E-state index in [4.69, 9.17) is 5.84 Å². The molecule has 0 bridgehead atoms. The van der Waals surface area contributed by atoms with E-state index in [1.807, 2.05) is 18.2 Å². The van der Waals surface area contributed by atoms with Gasteiger partial charge in [0.25, 0.3) is 0 Å². The van der Waals surface area contributed by atoms with E-state index < -0.39 is 4.92 Å². The Balaban J connectivity index is 2.51. The number of nitro benzene ring substituents is 1. The zero-order chi connectivity index (χ0) is 14.7. The summed E-state index contributed by atoms with van der Waals surface area (Å²) in [5, 5.41) is 14.2. The number of nitrogens with zero attached hydrogens (tertiary/aromatic N) is 1. The Morgan fingerprint density at radius 2 is 1.60 bits per heavy atom. The molecule has 0 aliphatic carbocycles. The maximum Gasteiger partial charge on any atom is 0.316 e. The Labute approximate surface area is 131 Å². The number of anilines is 3. The Morgan fingerprint density at radius 3 is 2.15 bits per heavy atom. The van der Waals surface area contributed by atoms with Gasteiger partial charge in [0.2, 0.25) is 0 Å². The lowest BCUT2D eigenvalue weighted by atomic mass is 10.2. The van der Waals surface area contributed by atoms with Gasteiger partial charge in [-0.25, -0.2) is 0 Å². The Hall–Kier alpha value is -1.64. The molecule has 0 aliphatic heterocycles. The van der Waals surface area contributed by atoms with Crippen LogP contribution < -0.4 is 16.6 Å². The molecule has 2 aromatic carbocycles. The van der Waals surface area contributed by atoms with Crippen molar-refractivity contribution in [3.05, 3.63) is 55.5 Å². The predicted octanol–water partition coefficient (Wildman–Crippen LogP) is 4.15. The third kappa shape index (κ3) is 2.92. The van der Waals surface area contributed by atoms with Crippen molar-refractivity contribution in [2.45, 2.75) is 0 Å². The van der Waals surface area contributed by atoms with Gasteiger partial charge in [-0.1, -0.05) is 12.1 Å². The van der Waals surface area contributed by atoms with Crippen LogP contribution in [0.4, 0.5) is 22.7 Å². The molecule has 0 fully saturated rings. The van der Waals surface area contributed by atoms with Gasteiger partial charge in [-0.15, -0.1) is 0 Å². The smallest absolute Gasteiger partial charge is 0.316 e. The van der Waals surface area contributed by atoms with Crippen molar-refractivity contribution in [3.63, 3.8) is 0 Å². The lowest BCUT2D eigenvalue weighted by Crippen LogP contribution is -2.10. The van der Waals surface area contributed by atoms with Crippen LogP contribution in [0.25, 0.3) is 0 Å². The van der Waals surface area contributed by atoms with Gasteiger partial charge < -0.3 is 10.7 Å². The quantitative estimate of drug-likeness (QED) is 0.406. The molecule has 8 heteroatoms. The number of rotatable bonds is 4. The SMILES string of the molecule is NNc1cccc(Nc2c(Br)cccc2Br)c1[N+](=O)[O-]. The molecule has 0 saturated heterocycles. The minimum atomic E-state index is -0.484. The van der Waals surface area contributed by atoms with Gasteiger partial charge in [-0.3, -0.25) is 16.0 Å². The Bertz CT molecular complexity index is 644. The second kappa shape index (κ2) is 6.21. The molecular formula is C12H10Br2N4O2. The number of halogens is 2. The largest absolute Gasteiger partial charge is 0.348 e. The summed E-state index contributed by atoms with van der Waals surface area (Å²) >= 11 is 6.80. The van der Waals surface area contributed by atoms with Crippen molar-refractivity contribution in [2.24, 2.45) is 5.84 Å². The van der Waals surface area contributed by atoms with E-state index in [1.54, 1.807) is 18.2 Å². The molecule has 2 aromatic rings. The number of nitrogens with one attached hydrogen (secondary N) is 2. The average Bonchev–Trinajstić information content (AvgIpc) is 2.42. The van der Waals surface area contributed by atoms with Gasteiger partial charge >= 0.3 is 5.69 Å². The molecule has 0 heterocycles. The van der Waals surface area contributed by atoms with Crippen LogP contribution in [0.1, 0.15) is 0 Å². The summed E-state index contributed by atoms with van der Waals surface area (Å²) in [6.45, 7) is 0. The molecule has 0 atom stereocenters. The summed E-state index contributed by atoms with van der Waals surface area (Å²) in [7, 11) is 0. The van der Waals surface area contributed by atoms with Crippen LogP contribution >= 0.6 is 31.9 Å². The Morgan fingerprint density at radius 1 is 1.05 bits per heavy atom. The van der Waals surface area contributed by atoms with Gasteiger partial charge in [0, 0.05) is 8.95 Å². The topological polar surface area (TPSA) is 93.2 Å². The lowest BCUT2D eigenvalue weighted by Gasteiger charge is -2.12. The van der Waals surface area contributed by atoms with Gasteiger partial charge in [0.1, 0.15) is 11.4 Å². The molecule has 0 radical (unpaired) electrons. The molecule has 20 heavy (non-hydrogen) atoms. The molecular weight excluding hydrogens is 392 g/mol. The standard InChI is InChI=1S/C12H10Br2N4O2/c13-7-3-1-4-8(14)11(7)16-9-5-2-6-10(17-15)12(9)18(19)20/h1-6,16-17H,15H2. The maximum atomic E-state index is 11.2. The molecule has 4 N–H and O–H groups in total. The van der Waals surface area contributed by atoms with Crippen LogP contribution in [0.5, 0.6) is 0 Å². The van der Waals surface area contributed by atoms with Gasteiger partial charge in [-0.2, -0.15) is 0 Å². The molecule has 104 valence electrons. The second-order valence-electron chi connectivity index (χ2n) is 3.82. The zero-order valence-corrected chi connectivity index (χ0v) is 13.2. The van der Waals surface area contributed by atoms with Crippen LogP contribution in [-0.4, -0.2) is 4.92 Å². The highest BCUT2D eigenvalue weighted by molar-refractivity contribution is 9.11. The first-order valence-electron chi connectivity index (χ1n) is 5.49. The minimum absolute atomic E-state index is 0.113. The number of hydrazine groups is 1. The van der Waals surface area contributed by atoms with Crippen LogP contribution in [0, 0.1) is 10.1 Å². The third-order valence-corrected chi connectivity index (χ3v) is 3.92. The average molecular weight is 402 g/mol. The van der Waals surface area contributed by atoms with Crippen LogP contribution in [0.2, 0.25) is 0 Å². The van der Waals surface area contributed by atoms with Crippen molar-refractivity contribution < 1.29 is 4.92 Å². The molecule has 0 saturated carbocycles. The molecule has 0 spiro atoms. The monoisotopic (exact) mass is 400 g/mol. The van der Waals surface area contributed by atoms with E-state index in [0.717, 1.165) is 8.95 Å². The van der Waals surface area contributed by atoms with Crippen LogP contribution in [-0.2, 0) is 0 Å². The Kier molecular flexibility index (Phi) is 4.58. The predicted molar refractivity (Wildman–Crippen MR) is 86.0 cm³/mol. The van der Waals surface area contributed by atoms with E-state index in [0.29, 0.717) is 11.4 Å². The fraction of sp³-hybridized carbons (Fsp3) is 0. The number of hydrogen-bond acceptors (Lipinski definition) is 5. The van der Waals surface area contributed by atoms with Crippen LogP contribution in [0.15, 0.2) is 45.3 Å². The van der Waals surface area contributed by atoms with E-state index in [-0.39, 0.29) is 11.4 Å². The molecule has 0 amide bonds. The fourth-order valence-electron chi connectivity index (χ4n) is 1.71. The highest BCUT2D eigenvalue weighted by Gasteiger charge is 2.20. The van der Waals surface area contributed by atoms with Crippen molar-refractivity contribution in [1.82, 2.24) is 0 Å². The van der Waals surface area contributed by atoms with Crippen LogP contribution in [0.3, 0.4) is 0 Å². The number of para-hydroxylation sites is 2. The maximum absolute atomic E-state index is 11.2. The summed E-state index contributed by atoms with van der Waals surface area (Å²) in [6, 6.07) is 10.4. The van der Waals surface area contributed by atoms with Crippen molar-refractivity contribution in [2.75, 3.05) is 10.7 Å². The van der Waals surface area contributed by atoms with Gasteiger partial charge in [-0.05, 0) is 56.1 Å². The highest BCUT2D eigenvalue weighted by Crippen LogP contribution is 2.38. The molecule has 2 rings (SSSR count). The van der Waals surface area contributed by atoms with Gasteiger partial charge in [0.15, 0.2) is 0 Å². The van der Waals surface area contributed by atoms with Crippen molar-refractivity contribution >= 4 is 54.6 Å². The molecule has 0 unspecified atom stereocenters.